The number of ether oxygens (including phenoxy) is 2. The molecule has 1 aliphatic heterocycles. The maximum Gasteiger partial charge on any atom is 0.251 e. The molecule has 5 atom stereocenters. The van der Waals surface area contributed by atoms with Gasteiger partial charge in [0.05, 0.1) is 0 Å². The van der Waals surface area contributed by atoms with Crippen LogP contribution in [-0.2, 0) is 4.79 Å². The molecule has 4 heteroatoms. The van der Waals surface area contributed by atoms with E-state index < -0.39 is 11.4 Å². The Kier molecular flexibility index (Phi) is 4.88. The van der Waals surface area contributed by atoms with Crippen molar-refractivity contribution in [2.45, 2.75) is 102 Å². The second kappa shape index (κ2) is 7.75. The first-order valence-electron chi connectivity index (χ1n) is 14.0. The smallest absolute Gasteiger partial charge is 0.251 e. The van der Waals surface area contributed by atoms with Crippen LogP contribution in [0.4, 0.5) is 0 Å². The van der Waals surface area contributed by atoms with E-state index in [0.717, 1.165) is 75.7 Å². The topological polar surface area (TPSA) is 55.8 Å². The summed E-state index contributed by atoms with van der Waals surface area (Å²) in [6, 6.07) is 6.54. The van der Waals surface area contributed by atoms with Crippen LogP contribution in [-0.4, -0.2) is 22.3 Å². The third-order valence-electron chi connectivity index (χ3n) is 10.5. The number of carbonyl (C=O) groups excluding carboxylic acids is 1. The maximum atomic E-state index is 12.3. The van der Waals surface area contributed by atoms with Gasteiger partial charge in [0.2, 0.25) is 0 Å². The first-order valence-corrected chi connectivity index (χ1v) is 14.0. The highest BCUT2D eigenvalue weighted by Gasteiger charge is 2.62. The molecule has 1 N–H and O–H groups in total. The summed E-state index contributed by atoms with van der Waals surface area (Å²) in [5.74, 6) is 8.84. The van der Waals surface area contributed by atoms with Crippen molar-refractivity contribution in [3.05, 3.63) is 46.6 Å². The monoisotopic (exact) mass is 484 g/mol. The minimum Gasteiger partial charge on any atom is -0.448 e. The molecule has 0 radical (unpaired) electrons. The minimum atomic E-state index is -0.955. The lowest BCUT2D eigenvalue weighted by molar-refractivity contribution is -0.114. The van der Waals surface area contributed by atoms with Crippen LogP contribution >= 0.6 is 0 Å². The van der Waals surface area contributed by atoms with Crippen molar-refractivity contribution in [3.63, 3.8) is 0 Å². The van der Waals surface area contributed by atoms with Gasteiger partial charge in [0.25, 0.3) is 5.79 Å². The number of hydrogen-bond donors (Lipinski definition) is 1. The van der Waals surface area contributed by atoms with Gasteiger partial charge >= 0.3 is 0 Å². The third kappa shape index (κ3) is 3.08. The molecule has 5 aliphatic carbocycles. The highest BCUT2D eigenvalue weighted by Crippen LogP contribution is 2.67. The fourth-order valence-electron chi connectivity index (χ4n) is 8.82. The van der Waals surface area contributed by atoms with Crippen LogP contribution in [0.25, 0.3) is 0 Å². The van der Waals surface area contributed by atoms with E-state index in [2.05, 4.69) is 37.0 Å². The SMILES string of the molecule is CC#C[C@]1(O)CC[C@H]2[C@@H]3CCC4=CC(=O)CCC4=C3[C@@H](c3ccc4c(c3)OC3(CCCC3)O4)C[C@@]21C. The van der Waals surface area contributed by atoms with Crippen LogP contribution in [0.5, 0.6) is 11.5 Å². The van der Waals surface area contributed by atoms with Gasteiger partial charge in [-0.3, -0.25) is 4.79 Å². The maximum absolute atomic E-state index is 12.3. The number of carbonyl (C=O) groups is 1. The number of hydrogen-bond acceptors (Lipinski definition) is 4. The average Bonchev–Trinajstić information content (AvgIpc) is 3.54. The largest absolute Gasteiger partial charge is 0.448 e. The van der Waals surface area contributed by atoms with Crippen molar-refractivity contribution in [2.75, 3.05) is 0 Å². The van der Waals surface area contributed by atoms with E-state index in [1.54, 1.807) is 0 Å². The van der Waals surface area contributed by atoms with E-state index in [-0.39, 0.29) is 17.1 Å². The average molecular weight is 485 g/mol. The molecular formula is C32H36O4. The second-order valence-electron chi connectivity index (χ2n) is 12.3. The summed E-state index contributed by atoms with van der Waals surface area (Å²) in [5, 5.41) is 11.9. The molecule has 0 saturated heterocycles. The van der Waals surface area contributed by atoms with Crippen LogP contribution in [0.15, 0.2) is 41.0 Å². The van der Waals surface area contributed by atoms with Gasteiger partial charge in [0.15, 0.2) is 17.3 Å². The molecule has 1 aromatic carbocycles. The quantitative estimate of drug-likeness (QED) is 0.470. The zero-order valence-electron chi connectivity index (χ0n) is 21.5. The second-order valence-corrected chi connectivity index (χ2v) is 12.3. The fourth-order valence-corrected chi connectivity index (χ4v) is 8.82. The van der Waals surface area contributed by atoms with Crippen molar-refractivity contribution in [3.8, 4) is 23.3 Å². The highest BCUT2D eigenvalue weighted by molar-refractivity contribution is 5.93. The number of benzene rings is 1. The first kappa shape index (κ1) is 22.7. The van der Waals surface area contributed by atoms with E-state index in [4.69, 9.17) is 9.47 Å². The summed E-state index contributed by atoms with van der Waals surface area (Å²) in [5.41, 5.74) is 4.24. The van der Waals surface area contributed by atoms with Crippen molar-refractivity contribution < 1.29 is 19.4 Å². The molecule has 1 heterocycles. The number of aliphatic hydroxyl groups is 1. The molecule has 1 aromatic rings. The van der Waals surface area contributed by atoms with Crippen LogP contribution < -0.4 is 9.47 Å². The van der Waals surface area contributed by atoms with Crippen molar-refractivity contribution in [1.82, 2.24) is 0 Å². The molecule has 6 aliphatic rings. The summed E-state index contributed by atoms with van der Waals surface area (Å²) in [6.45, 7) is 4.13. The lowest BCUT2D eigenvalue weighted by Gasteiger charge is -2.53. The molecule has 3 fully saturated rings. The van der Waals surface area contributed by atoms with Gasteiger partial charge in [-0.2, -0.15) is 0 Å². The summed E-state index contributed by atoms with van der Waals surface area (Å²) >= 11 is 0. The number of allylic oxidation sites excluding steroid dienone is 4. The van der Waals surface area contributed by atoms with E-state index in [0.29, 0.717) is 18.3 Å². The number of fused-ring (bicyclic) bond motifs is 5. The zero-order valence-corrected chi connectivity index (χ0v) is 21.5. The van der Waals surface area contributed by atoms with Crippen molar-refractivity contribution in [1.29, 1.82) is 0 Å². The summed E-state index contributed by atoms with van der Waals surface area (Å²) in [7, 11) is 0. The lowest BCUT2D eigenvalue weighted by atomic mass is 9.51. The van der Waals surface area contributed by atoms with Gasteiger partial charge in [-0.15, -0.1) is 5.92 Å². The molecule has 7 rings (SSSR count). The molecule has 0 unspecified atom stereocenters. The standard InChI is InChI=1S/C32H36O4/c1-3-13-31(34)16-12-26-24-9-6-20-17-22(33)8-10-23(20)29(24)25(19-30(26,31)2)21-7-11-27-28(18-21)36-32(35-27)14-4-5-15-32/h7,11,17-18,24-26,34H,4-6,8-10,12,14-16,19H2,1-2H3/t24-,25+,26-,30-,31-/m0/s1. The van der Waals surface area contributed by atoms with Gasteiger partial charge < -0.3 is 14.6 Å². The predicted molar refractivity (Wildman–Crippen MR) is 138 cm³/mol. The normalized spacial score (nSPS) is 37.7. The summed E-state index contributed by atoms with van der Waals surface area (Å²) in [4.78, 5) is 12.3. The molecule has 188 valence electrons. The Morgan fingerprint density at radius 3 is 2.64 bits per heavy atom. The molecule has 36 heavy (non-hydrogen) atoms. The number of ketones is 1. The van der Waals surface area contributed by atoms with Crippen LogP contribution in [0, 0.1) is 29.1 Å². The molecule has 3 saturated carbocycles. The lowest BCUT2D eigenvalue weighted by Crippen LogP contribution is -2.51. The Morgan fingerprint density at radius 1 is 1.03 bits per heavy atom. The van der Waals surface area contributed by atoms with Crippen molar-refractivity contribution >= 4 is 5.78 Å². The summed E-state index contributed by atoms with van der Waals surface area (Å²) < 4.78 is 12.8. The van der Waals surface area contributed by atoms with Gasteiger partial charge in [-0.05, 0) is 105 Å². The van der Waals surface area contributed by atoms with E-state index in [1.165, 1.54) is 22.3 Å². The zero-order chi connectivity index (χ0) is 24.7. The van der Waals surface area contributed by atoms with Crippen LogP contribution in [0.1, 0.15) is 96.0 Å². The Labute approximate surface area is 214 Å². The summed E-state index contributed by atoms with van der Waals surface area (Å²) in [6.07, 6.45) is 12.2. The molecule has 0 amide bonds. The Hall–Kier alpha value is -2.51. The van der Waals surface area contributed by atoms with Gasteiger partial charge in [0.1, 0.15) is 5.60 Å². The molecule has 0 aromatic heterocycles. The van der Waals surface area contributed by atoms with E-state index in [1.807, 2.05) is 13.0 Å². The van der Waals surface area contributed by atoms with Gasteiger partial charge in [-0.1, -0.05) is 24.5 Å². The van der Waals surface area contributed by atoms with Gasteiger partial charge in [-0.25, -0.2) is 0 Å². The van der Waals surface area contributed by atoms with E-state index >= 15 is 0 Å². The number of rotatable bonds is 1. The Bertz CT molecular complexity index is 1270. The predicted octanol–water partition coefficient (Wildman–Crippen LogP) is 6.38. The highest BCUT2D eigenvalue weighted by atomic mass is 16.7. The molecule has 0 bridgehead atoms. The molecule has 4 nitrogen and oxygen atoms in total. The Balaban J connectivity index is 1.36. The molecular weight excluding hydrogens is 448 g/mol. The minimum absolute atomic E-state index is 0.181. The van der Waals surface area contributed by atoms with Gasteiger partial charge in [0, 0.05) is 30.6 Å². The first-order chi connectivity index (χ1) is 17.3. The Morgan fingerprint density at radius 2 is 1.83 bits per heavy atom. The fraction of sp³-hybridized carbons (Fsp3) is 0.594. The van der Waals surface area contributed by atoms with Crippen molar-refractivity contribution in [2.24, 2.45) is 17.3 Å². The van der Waals surface area contributed by atoms with Crippen LogP contribution in [0.3, 0.4) is 0 Å². The molecule has 1 spiro atoms. The van der Waals surface area contributed by atoms with Crippen LogP contribution in [0.2, 0.25) is 0 Å². The van der Waals surface area contributed by atoms with E-state index in [9.17, 15) is 9.90 Å². The third-order valence-corrected chi connectivity index (χ3v) is 10.5.